The lowest BCUT2D eigenvalue weighted by Gasteiger charge is -2.18. The summed E-state index contributed by atoms with van der Waals surface area (Å²) in [6, 6.07) is 9.24. The van der Waals surface area contributed by atoms with Crippen LogP contribution in [0.1, 0.15) is 55.6 Å². The van der Waals surface area contributed by atoms with Gasteiger partial charge in [0.05, 0.1) is 6.67 Å². The fourth-order valence-corrected chi connectivity index (χ4v) is 4.29. The number of alkyl halides is 1. The second-order valence-electron chi connectivity index (χ2n) is 7.84. The molecule has 150 valence electrons. The molecule has 2 aromatic rings. The molecule has 1 saturated heterocycles. The largest absolute Gasteiger partial charge is 0.484 e. The maximum Gasteiger partial charge on any atom is 0.260 e. The topological polar surface area (TPSA) is 71.1 Å². The van der Waals surface area contributed by atoms with Gasteiger partial charge in [-0.1, -0.05) is 37.5 Å². The Morgan fingerprint density at radius 3 is 2.71 bits per heavy atom. The van der Waals surface area contributed by atoms with Gasteiger partial charge < -0.3 is 9.64 Å². The number of ether oxygens (including phenoxy) is 1. The first-order valence-corrected chi connectivity index (χ1v) is 10.2. The molecule has 1 aromatic heterocycles. The zero-order chi connectivity index (χ0) is 19.3. The molecule has 0 spiro atoms. The molecule has 2 heterocycles. The van der Waals surface area contributed by atoms with Crippen LogP contribution in [0.25, 0.3) is 0 Å². The van der Waals surface area contributed by atoms with E-state index in [-0.39, 0.29) is 24.3 Å². The van der Waals surface area contributed by atoms with Crippen LogP contribution in [0.15, 0.2) is 30.3 Å². The summed E-state index contributed by atoms with van der Waals surface area (Å²) in [5, 5.41) is 7.44. The van der Waals surface area contributed by atoms with Crippen LogP contribution in [0.3, 0.4) is 0 Å². The van der Waals surface area contributed by atoms with Crippen LogP contribution in [0.4, 0.5) is 4.39 Å². The smallest absolute Gasteiger partial charge is 0.260 e. The molecule has 28 heavy (non-hydrogen) atoms. The van der Waals surface area contributed by atoms with Crippen LogP contribution in [0.5, 0.6) is 5.75 Å². The molecule has 1 aliphatic heterocycles. The Labute approximate surface area is 164 Å². The fraction of sp³-hybridized carbons (Fsp3) is 0.571. The first-order chi connectivity index (χ1) is 13.7. The number of benzene rings is 1. The summed E-state index contributed by atoms with van der Waals surface area (Å²) in [5.74, 6) is 2.09. The second kappa shape index (κ2) is 8.71. The van der Waals surface area contributed by atoms with Crippen LogP contribution in [0.2, 0.25) is 0 Å². The van der Waals surface area contributed by atoms with Crippen molar-refractivity contribution in [2.45, 2.75) is 43.9 Å². The van der Waals surface area contributed by atoms with Crippen LogP contribution in [-0.4, -0.2) is 52.4 Å². The number of carbonyl (C=O) groups is 1. The Hall–Kier alpha value is -2.44. The van der Waals surface area contributed by atoms with Gasteiger partial charge in [0.2, 0.25) is 0 Å². The van der Waals surface area contributed by atoms with Gasteiger partial charge in [-0.05, 0) is 25.0 Å². The lowest BCUT2D eigenvalue weighted by atomic mass is 9.89. The van der Waals surface area contributed by atoms with E-state index in [2.05, 4.69) is 10.2 Å². The highest BCUT2D eigenvalue weighted by atomic mass is 19.1. The van der Waals surface area contributed by atoms with E-state index in [1.54, 1.807) is 4.90 Å². The Kier molecular flexibility index (Phi) is 5.88. The van der Waals surface area contributed by atoms with Gasteiger partial charge in [0.15, 0.2) is 12.4 Å². The minimum absolute atomic E-state index is 0.0422. The number of rotatable bonds is 6. The van der Waals surface area contributed by atoms with E-state index >= 15 is 0 Å². The number of nitrogens with zero attached hydrogens (tertiary/aromatic N) is 3. The fourth-order valence-electron chi connectivity index (χ4n) is 4.29. The number of H-pyrrole nitrogens is 1. The van der Waals surface area contributed by atoms with Crippen molar-refractivity contribution in [1.82, 2.24) is 20.1 Å². The molecule has 0 bridgehead atoms. The molecule has 0 radical (unpaired) electrons. The number of para-hydroxylation sites is 1. The molecule has 2 fully saturated rings. The Morgan fingerprint density at radius 2 is 1.96 bits per heavy atom. The first kappa shape index (κ1) is 18.9. The van der Waals surface area contributed by atoms with Crippen molar-refractivity contribution in [3.63, 3.8) is 0 Å². The van der Waals surface area contributed by atoms with Gasteiger partial charge in [-0.15, -0.1) is 0 Å². The molecule has 1 N–H and O–H groups in total. The third-order valence-electron chi connectivity index (χ3n) is 5.94. The molecule has 0 unspecified atom stereocenters. The van der Waals surface area contributed by atoms with E-state index in [1.165, 1.54) is 19.3 Å². The summed E-state index contributed by atoms with van der Waals surface area (Å²) in [7, 11) is 0. The standard InChI is InChI=1S/C21H27FN4O2/c22-11-16-12-26(19(27)14-28-17-9-5-2-6-10-17)13-18(16)21-23-20(24-25-21)15-7-3-1-4-8-15/h2,5-6,9-10,15-16,18H,1,3-4,7-8,11-14H2,(H,23,24,25)/t16-,18-/m1/s1. The van der Waals surface area contributed by atoms with Crippen molar-refractivity contribution in [3.05, 3.63) is 42.0 Å². The van der Waals surface area contributed by atoms with Crippen molar-refractivity contribution < 1.29 is 13.9 Å². The molecule has 1 aliphatic carbocycles. The zero-order valence-corrected chi connectivity index (χ0v) is 16.0. The lowest BCUT2D eigenvalue weighted by molar-refractivity contribution is -0.132. The normalized spacial score (nSPS) is 23.1. The van der Waals surface area contributed by atoms with Gasteiger partial charge in [-0.2, -0.15) is 5.10 Å². The highest BCUT2D eigenvalue weighted by Gasteiger charge is 2.38. The molecule has 7 heteroatoms. The van der Waals surface area contributed by atoms with Gasteiger partial charge in [0.25, 0.3) is 5.91 Å². The molecule has 6 nitrogen and oxygen atoms in total. The number of amides is 1. The minimum atomic E-state index is -0.479. The molecule has 1 aromatic carbocycles. The number of hydrogen-bond acceptors (Lipinski definition) is 4. The third-order valence-corrected chi connectivity index (χ3v) is 5.94. The number of aromatic nitrogens is 3. The van der Waals surface area contributed by atoms with Crippen molar-refractivity contribution in [2.24, 2.45) is 5.92 Å². The monoisotopic (exact) mass is 386 g/mol. The Bertz CT molecular complexity index is 776. The van der Waals surface area contributed by atoms with Gasteiger partial charge >= 0.3 is 0 Å². The van der Waals surface area contributed by atoms with Crippen molar-refractivity contribution in [2.75, 3.05) is 26.4 Å². The summed E-state index contributed by atoms with van der Waals surface area (Å²) >= 11 is 0. The molecule has 1 amide bonds. The summed E-state index contributed by atoms with van der Waals surface area (Å²) in [6.07, 6.45) is 5.96. The summed E-state index contributed by atoms with van der Waals surface area (Å²) < 4.78 is 19.2. The quantitative estimate of drug-likeness (QED) is 0.826. The first-order valence-electron chi connectivity index (χ1n) is 10.2. The minimum Gasteiger partial charge on any atom is -0.484 e. The summed E-state index contributed by atoms with van der Waals surface area (Å²) in [5.41, 5.74) is 0. The van der Waals surface area contributed by atoms with Gasteiger partial charge in [0.1, 0.15) is 11.6 Å². The molecular formula is C21H27FN4O2. The SMILES string of the molecule is O=C(COc1ccccc1)N1C[C@@H](CF)[C@H](c2nc(C3CCCCC3)n[nH]2)C1. The third kappa shape index (κ3) is 4.18. The van der Waals surface area contributed by atoms with E-state index in [1.807, 2.05) is 30.3 Å². The summed E-state index contributed by atoms with van der Waals surface area (Å²) in [6.45, 7) is 0.315. The maximum atomic E-state index is 13.7. The number of aromatic amines is 1. The van der Waals surface area contributed by atoms with Gasteiger partial charge in [-0.25, -0.2) is 4.98 Å². The number of likely N-dealkylation sites (tertiary alicyclic amines) is 1. The average molecular weight is 386 g/mol. The van der Waals surface area contributed by atoms with E-state index in [0.717, 1.165) is 18.7 Å². The lowest BCUT2D eigenvalue weighted by Crippen LogP contribution is -2.33. The average Bonchev–Trinajstić information content (AvgIpc) is 3.40. The van der Waals surface area contributed by atoms with Crippen LogP contribution >= 0.6 is 0 Å². The van der Waals surface area contributed by atoms with Crippen LogP contribution < -0.4 is 4.74 Å². The van der Waals surface area contributed by atoms with Crippen molar-refractivity contribution in [3.8, 4) is 5.75 Å². The number of carbonyl (C=O) groups excluding carboxylic acids is 1. The van der Waals surface area contributed by atoms with E-state index in [0.29, 0.717) is 30.6 Å². The highest BCUT2D eigenvalue weighted by molar-refractivity contribution is 5.78. The number of halogens is 1. The second-order valence-corrected chi connectivity index (χ2v) is 7.84. The van der Waals surface area contributed by atoms with E-state index in [9.17, 15) is 9.18 Å². The van der Waals surface area contributed by atoms with Crippen LogP contribution in [0, 0.1) is 5.92 Å². The predicted molar refractivity (Wildman–Crippen MR) is 103 cm³/mol. The molecule has 2 aliphatic rings. The number of nitrogens with one attached hydrogen (secondary N) is 1. The molecular weight excluding hydrogens is 359 g/mol. The van der Waals surface area contributed by atoms with Crippen molar-refractivity contribution in [1.29, 1.82) is 0 Å². The number of hydrogen-bond donors (Lipinski definition) is 1. The molecule has 1 saturated carbocycles. The molecule has 2 atom stereocenters. The highest BCUT2D eigenvalue weighted by Crippen LogP contribution is 2.34. The summed E-state index contributed by atoms with van der Waals surface area (Å²) in [4.78, 5) is 18.9. The van der Waals surface area contributed by atoms with E-state index in [4.69, 9.17) is 9.72 Å². The maximum absolute atomic E-state index is 13.7. The Morgan fingerprint density at radius 1 is 1.18 bits per heavy atom. The zero-order valence-electron chi connectivity index (χ0n) is 16.0. The predicted octanol–water partition coefficient (Wildman–Crippen LogP) is 3.44. The van der Waals surface area contributed by atoms with Crippen molar-refractivity contribution >= 4 is 5.91 Å². The van der Waals surface area contributed by atoms with Crippen LogP contribution in [-0.2, 0) is 4.79 Å². The van der Waals surface area contributed by atoms with E-state index < -0.39 is 6.67 Å². The Balaban J connectivity index is 1.38. The molecule has 4 rings (SSSR count). The van der Waals surface area contributed by atoms with Gasteiger partial charge in [0, 0.05) is 30.8 Å². The van der Waals surface area contributed by atoms with Gasteiger partial charge in [-0.3, -0.25) is 14.3 Å².